The maximum absolute atomic E-state index is 9.05. The summed E-state index contributed by atoms with van der Waals surface area (Å²) in [6.07, 6.45) is 2.31. The maximum Gasteiger partial charge on any atom is 0.212 e. The van der Waals surface area contributed by atoms with Gasteiger partial charge in [-0.3, -0.25) is 0 Å². The van der Waals surface area contributed by atoms with Crippen molar-refractivity contribution in [2.45, 2.75) is 26.0 Å². The fourth-order valence-corrected chi connectivity index (χ4v) is 1.18. The molecular weight excluding hydrogens is 192 g/mol. The van der Waals surface area contributed by atoms with E-state index >= 15 is 0 Å². The van der Waals surface area contributed by atoms with E-state index in [9.17, 15) is 0 Å². The molecular formula is C11H18N2O2. The number of methoxy groups -OCH3 is 1. The predicted molar refractivity (Wildman–Crippen MR) is 58.8 cm³/mol. The van der Waals surface area contributed by atoms with Gasteiger partial charge in [-0.1, -0.05) is 6.07 Å². The quantitative estimate of drug-likeness (QED) is 0.686. The van der Waals surface area contributed by atoms with Crippen LogP contribution in [-0.2, 0) is 6.54 Å². The average molecular weight is 210 g/mol. The largest absolute Gasteiger partial charge is 0.481 e. The van der Waals surface area contributed by atoms with Crippen molar-refractivity contribution >= 4 is 0 Å². The van der Waals surface area contributed by atoms with Gasteiger partial charge in [-0.2, -0.15) is 0 Å². The summed E-state index contributed by atoms with van der Waals surface area (Å²) in [7, 11) is 1.60. The van der Waals surface area contributed by atoms with Crippen LogP contribution in [0.1, 0.15) is 18.9 Å². The van der Waals surface area contributed by atoms with Crippen LogP contribution >= 0.6 is 0 Å². The van der Waals surface area contributed by atoms with E-state index in [0.717, 1.165) is 25.1 Å². The molecule has 2 N–H and O–H groups in total. The molecule has 84 valence electrons. The molecule has 1 atom stereocenters. The van der Waals surface area contributed by atoms with Gasteiger partial charge in [0.1, 0.15) is 0 Å². The van der Waals surface area contributed by atoms with Crippen molar-refractivity contribution < 1.29 is 9.84 Å². The maximum atomic E-state index is 9.05. The fourth-order valence-electron chi connectivity index (χ4n) is 1.18. The number of hydrogen-bond donors (Lipinski definition) is 2. The predicted octanol–water partition coefficient (Wildman–Crippen LogP) is 0.951. The van der Waals surface area contributed by atoms with Crippen LogP contribution in [0.5, 0.6) is 5.88 Å². The van der Waals surface area contributed by atoms with Gasteiger partial charge in [0.15, 0.2) is 0 Å². The molecule has 0 saturated heterocycles. The molecule has 0 fully saturated rings. The van der Waals surface area contributed by atoms with Crippen LogP contribution in [0, 0.1) is 0 Å². The van der Waals surface area contributed by atoms with Crippen molar-refractivity contribution in [2.75, 3.05) is 13.7 Å². The second kappa shape index (κ2) is 6.37. The van der Waals surface area contributed by atoms with Crippen molar-refractivity contribution in [3.05, 3.63) is 23.9 Å². The molecule has 1 heterocycles. The molecule has 0 spiro atoms. The number of ether oxygens (including phenoxy) is 1. The summed E-state index contributed by atoms with van der Waals surface area (Å²) in [5.74, 6) is 0.628. The number of aliphatic hydroxyl groups is 1. The van der Waals surface area contributed by atoms with E-state index in [0.29, 0.717) is 5.88 Å². The van der Waals surface area contributed by atoms with Crippen LogP contribution in [0.15, 0.2) is 18.3 Å². The lowest BCUT2D eigenvalue weighted by molar-refractivity contribution is 0.183. The van der Waals surface area contributed by atoms with Crippen molar-refractivity contribution in [1.82, 2.24) is 10.3 Å². The second-order valence-corrected chi connectivity index (χ2v) is 3.52. The molecule has 0 aliphatic rings. The van der Waals surface area contributed by atoms with Crippen LogP contribution in [0.25, 0.3) is 0 Å². The SMILES string of the molecule is COc1ccc(CNCCC(C)O)cn1. The Hall–Kier alpha value is -1.13. The van der Waals surface area contributed by atoms with Gasteiger partial charge in [0.25, 0.3) is 0 Å². The van der Waals surface area contributed by atoms with Crippen LogP contribution in [0.3, 0.4) is 0 Å². The third-order valence-corrected chi connectivity index (χ3v) is 2.07. The third kappa shape index (κ3) is 4.76. The Bertz CT molecular complexity index is 272. The molecule has 0 aliphatic carbocycles. The highest BCUT2D eigenvalue weighted by Gasteiger charge is 1.97. The molecule has 0 amide bonds. The van der Waals surface area contributed by atoms with Gasteiger partial charge >= 0.3 is 0 Å². The Morgan fingerprint density at radius 1 is 1.53 bits per heavy atom. The summed E-state index contributed by atoms with van der Waals surface area (Å²) in [6, 6.07) is 3.81. The molecule has 4 nitrogen and oxygen atoms in total. The fraction of sp³-hybridized carbons (Fsp3) is 0.545. The number of hydrogen-bond acceptors (Lipinski definition) is 4. The van der Waals surface area contributed by atoms with Crippen LogP contribution in [0.4, 0.5) is 0 Å². The molecule has 0 aromatic carbocycles. The minimum absolute atomic E-state index is 0.244. The van der Waals surface area contributed by atoms with Gasteiger partial charge in [0.2, 0.25) is 5.88 Å². The van der Waals surface area contributed by atoms with Crippen molar-refractivity contribution in [3.8, 4) is 5.88 Å². The number of aliphatic hydroxyl groups excluding tert-OH is 1. The van der Waals surface area contributed by atoms with Crippen LogP contribution in [0.2, 0.25) is 0 Å². The van der Waals surface area contributed by atoms with Crippen molar-refractivity contribution in [1.29, 1.82) is 0 Å². The van der Waals surface area contributed by atoms with Gasteiger partial charge in [-0.15, -0.1) is 0 Å². The summed E-state index contributed by atoms with van der Waals surface area (Å²) in [5.41, 5.74) is 1.11. The second-order valence-electron chi connectivity index (χ2n) is 3.52. The first-order chi connectivity index (χ1) is 7.22. The van der Waals surface area contributed by atoms with Crippen LogP contribution in [-0.4, -0.2) is 29.8 Å². The highest BCUT2D eigenvalue weighted by molar-refractivity contribution is 5.17. The topological polar surface area (TPSA) is 54.4 Å². The van der Waals surface area contributed by atoms with E-state index in [4.69, 9.17) is 9.84 Å². The zero-order valence-corrected chi connectivity index (χ0v) is 9.23. The Morgan fingerprint density at radius 3 is 2.87 bits per heavy atom. The van der Waals surface area contributed by atoms with E-state index in [-0.39, 0.29) is 6.10 Å². The van der Waals surface area contributed by atoms with Gasteiger partial charge in [-0.05, 0) is 25.5 Å². The van der Waals surface area contributed by atoms with Gasteiger partial charge in [0.05, 0.1) is 13.2 Å². The lowest BCUT2D eigenvalue weighted by Crippen LogP contribution is -2.18. The van der Waals surface area contributed by atoms with E-state index in [2.05, 4.69) is 10.3 Å². The molecule has 4 heteroatoms. The van der Waals surface area contributed by atoms with Crippen LogP contribution < -0.4 is 10.1 Å². The standard InChI is InChI=1S/C11H18N2O2/c1-9(14)5-6-12-7-10-3-4-11(15-2)13-8-10/h3-4,8-9,12,14H,5-7H2,1-2H3. The Morgan fingerprint density at radius 2 is 2.33 bits per heavy atom. The minimum Gasteiger partial charge on any atom is -0.481 e. The van der Waals surface area contributed by atoms with E-state index in [1.54, 1.807) is 20.2 Å². The first-order valence-corrected chi connectivity index (χ1v) is 5.10. The number of nitrogens with zero attached hydrogens (tertiary/aromatic N) is 1. The zero-order chi connectivity index (χ0) is 11.1. The highest BCUT2D eigenvalue weighted by Crippen LogP contribution is 2.06. The number of rotatable bonds is 6. The smallest absolute Gasteiger partial charge is 0.212 e. The van der Waals surface area contributed by atoms with Gasteiger partial charge in [0, 0.05) is 18.8 Å². The molecule has 15 heavy (non-hydrogen) atoms. The Balaban J connectivity index is 2.25. The Labute approximate surface area is 90.3 Å². The zero-order valence-electron chi connectivity index (χ0n) is 9.23. The molecule has 1 unspecified atom stereocenters. The summed E-state index contributed by atoms with van der Waals surface area (Å²) < 4.78 is 4.96. The summed E-state index contributed by atoms with van der Waals surface area (Å²) in [5, 5.41) is 12.3. The highest BCUT2D eigenvalue weighted by atomic mass is 16.5. The normalized spacial score (nSPS) is 12.5. The van der Waals surface area contributed by atoms with Gasteiger partial charge < -0.3 is 15.2 Å². The van der Waals surface area contributed by atoms with E-state index in [1.165, 1.54) is 0 Å². The monoisotopic (exact) mass is 210 g/mol. The first kappa shape index (κ1) is 11.9. The molecule has 0 radical (unpaired) electrons. The molecule has 1 aromatic rings. The number of nitrogens with one attached hydrogen (secondary N) is 1. The number of aromatic nitrogens is 1. The van der Waals surface area contributed by atoms with Crippen molar-refractivity contribution in [2.24, 2.45) is 0 Å². The summed E-state index contributed by atoms with van der Waals surface area (Å²) in [6.45, 7) is 3.37. The van der Waals surface area contributed by atoms with Crippen molar-refractivity contribution in [3.63, 3.8) is 0 Å². The minimum atomic E-state index is -0.244. The molecule has 1 rings (SSSR count). The third-order valence-electron chi connectivity index (χ3n) is 2.07. The first-order valence-electron chi connectivity index (χ1n) is 5.10. The molecule has 0 bridgehead atoms. The van der Waals surface area contributed by atoms with E-state index < -0.39 is 0 Å². The van der Waals surface area contributed by atoms with E-state index in [1.807, 2.05) is 12.1 Å². The molecule has 0 saturated carbocycles. The average Bonchev–Trinajstić information content (AvgIpc) is 2.25. The summed E-state index contributed by atoms with van der Waals surface area (Å²) >= 11 is 0. The molecule has 0 aliphatic heterocycles. The summed E-state index contributed by atoms with van der Waals surface area (Å²) in [4.78, 5) is 4.10. The lowest BCUT2D eigenvalue weighted by Gasteiger charge is -2.06. The Kier molecular flexibility index (Phi) is 5.07. The number of pyridine rings is 1. The lowest BCUT2D eigenvalue weighted by atomic mass is 10.2. The van der Waals surface area contributed by atoms with Gasteiger partial charge in [-0.25, -0.2) is 4.98 Å². The molecule has 1 aromatic heterocycles.